The molecule has 0 bridgehead atoms. The molecule has 0 aliphatic heterocycles. The number of anilines is 2. The van der Waals surface area contributed by atoms with E-state index in [0.717, 1.165) is 11.6 Å². The van der Waals surface area contributed by atoms with Gasteiger partial charge in [-0.2, -0.15) is 0 Å². The Balaban J connectivity index is 2.17. The van der Waals surface area contributed by atoms with Crippen molar-refractivity contribution in [2.75, 3.05) is 10.6 Å². The third-order valence-corrected chi connectivity index (χ3v) is 3.21. The first-order chi connectivity index (χ1) is 12.4. The van der Waals surface area contributed by atoms with Crippen LogP contribution in [0.3, 0.4) is 0 Å². The number of aromatic carboxylic acids is 2. The SMILES string of the molecule is CCC#Cc1cccc(NC(=O)Nc2cc(C(=O)O)cc(C(=O)O)c2)c1. The maximum Gasteiger partial charge on any atom is 0.335 e. The third-order valence-electron chi connectivity index (χ3n) is 3.21. The molecule has 0 aliphatic rings. The van der Waals surface area contributed by atoms with Gasteiger partial charge in [-0.15, -0.1) is 0 Å². The number of benzene rings is 2. The van der Waals surface area contributed by atoms with Crippen LogP contribution in [0.5, 0.6) is 0 Å². The van der Waals surface area contributed by atoms with Crippen LogP contribution in [0, 0.1) is 11.8 Å². The highest BCUT2D eigenvalue weighted by atomic mass is 16.4. The van der Waals surface area contributed by atoms with Gasteiger partial charge in [-0.05, 0) is 36.4 Å². The molecule has 26 heavy (non-hydrogen) atoms. The van der Waals surface area contributed by atoms with Crippen molar-refractivity contribution in [2.45, 2.75) is 13.3 Å². The number of nitrogens with one attached hydrogen (secondary N) is 2. The molecule has 2 aromatic carbocycles. The minimum Gasteiger partial charge on any atom is -0.478 e. The fraction of sp³-hybridized carbons (Fsp3) is 0.105. The van der Waals surface area contributed by atoms with E-state index < -0.39 is 18.0 Å². The van der Waals surface area contributed by atoms with Gasteiger partial charge in [0.25, 0.3) is 0 Å². The second kappa shape index (κ2) is 8.35. The summed E-state index contributed by atoms with van der Waals surface area (Å²) in [5.41, 5.74) is 0.819. The van der Waals surface area contributed by atoms with Gasteiger partial charge in [0.1, 0.15) is 0 Å². The molecule has 0 radical (unpaired) electrons. The Kier molecular flexibility index (Phi) is 5.96. The number of rotatable bonds is 4. The molecule has 2 rings (SSSR count). The van der Waals surface area contributed by atoms with Gasteiger partial charge in [0, 0.05) is 23.4 Å². The number of carboxylic acid groups (broad SMARTS) is 2. The van der Waals surface area contributed by atoms with E-state index >= 15 is 0 Å². The number of carboxylic acids is 2. The van der Waals surface area contributed by atoms with E-state index in [-0.39, 0.29) is 16.8 Å². The van der Waals surface area contributed by atoms with Crippen LogP contribution in [-0.2, 0) is 0 Å². The molecular weight excluding hydrogens is 336 g/mol. The average Bonchev–Trinajstić information content (AvgIpc) is 2.59. The lowest BCUT2D eigenvalue weighted by molar-refractivity contribution is 0.0696. The molecule has 0 heterocycles. The van der Waals surface area contributed by atoms with Crippen molar-refractivity contribution in [2.24, 2.45) is 0 Å². The molecule has 7 heteroatoms. The summed E-state index contributed by atoms with van der Waals surface area (Å²) in [4.78, 5) is 34.3. The fourth-order valence-electron chi connectivity index (χ4n) is 2.11. The van der Waals surface area contributed by atoms with Crippen molar-refractivity contribution < 1.29 is 24.6 Å². The van der Waals surface area contributed by atoms with Crippen LogP contribution in [0.25, 0.3) is 0 Å². The Morgan fingerprint density at radius 1 is 0.923 bits per heavy atom. The zero-order chi connectivity index (χ0) is 19.1. The third kappa shape index (κ3) is 5.11. The molecule has 0 saturated carbocycles. The topological polar surface area (TPSA) is 116 Å². The molecule has 2 aromatic rings. The molecule has 0 saturated heterocycles. The standard InChI is InChI=1S/C19H16N2O5/c1-2-3-5-12-6-4-7-15(8-12)20-19(26)21-16-10-13(17(22)23)9-14(11-16)18(24)25/h4,6-11H,2H2,1H3,(H,22,23)(H,24,25)(H2,20,21,26). The van der Waals surface area contributed by atoms with Gasteiger partial charge in [0.15, 0.2) is 0 Å². The Morgan fingerprint density at radius 3 is 2.12 bits per heavy atom. The average molecular weight is 352 g/mol. The van der Waals surface area contributed by atoms with Crippen molar-refractivity contribution in [3.8, 4) is 11.8 Å². The Labute approximate surface area is 149 Å². The van der Waals surface area contributed by atoms with E-state index in [9.17, 15) is 14.4 Å². The van der Waals surface area contributed by atoms with E-state index in [1.54, 1.807) is 24.3 Å². The summed E-state index contributed by atoms with van der Waals surface area (Å²) in [6, 6.07) is 9.65. The highest BCUT2D eigenvalue weighted by molar-refractivity contribution is 6.02. The molecule has 0 spiro atoms. The summed E-state index contributed by atoms with van der Waals surface area (Å²) in [6.07, 6.45) is 0.712. The van der Waals surface area contributed by atoms with Crippen LogP contribution in [0.4, 0.5) is 16.2 Å². The van der Waals surface area contributed by atoms with Crippen molar-refractivity contribution >= 4 is 29.3 Å². The summed E-state index contributed by atoms with van der Waals surface area (Å²) in [7, 11) is 0. The van der Waals surface area contributed by atoms with Crippen molar-refractivity contribution in [3.63, 3.8) is 0 Å². The summed E-state index contributed by atoms with van der Waals surface area (Å²) < 4.78 is 0. The second-order valence-electron chi connectivity index (χ2n) is 5.22. The molecule has 4 N–H and O–H groups in total. The Bertz CT molecular complexity index is 893. The lowest BCUT2D eigenvalue weighted by Crippen LogP contribution is -2.20. The van der Waals surface area contributed by atoms with E-state index in [1.165, 1.54) is 12.1 Å². The molecule has 0 unspecified atom stereocenters. The van der Waals surface area contributed by atoms with Gasteiger partial charge < -0.3 is 20.8 Å². The fourth-order valence-corrected chi connectivity index (χ4v) is 2.11. The molecule has 0 fully saturated rings. The van der Waals surface area contributed by atoms with Crippen molar-refractivity contribution in [3.05, 3.63) is 59.2 Å². The molecule has 0 aromatic heterocycles. The number of carbonyl (C=O) groups is 3. The lowest BCUT2D eigenvalue weighted by Gasteiger charge is -2.09. The van der Waals surface area contributed by atoms with Crippen molar-refractivity contribution in [1.29, 1.82) is 0 Å². The van der Waals surface area contributed by atoms with Crippen LogP contribution >= 0.6 is 0 Å². The number of amides is 2. The van der Waals surface area contributed by atoms with E-state index in [4.69, 9.17) is 10.2 Å². The van der Waals surface area contributed by atoms with E-state index in [2.05, 4.69) is 22.5 Å². The molecule has 7 nitrogen and oxygen atoms in total. The smallest absolute Gasteiger partial charge is 0.335 e. The summed E-state index contributed by atoms with van der Waals surface area (Å²) in [5, 5.41) is 23.1. The molecular formula is C19H16N2O5. The minimum atomic E-state index is -1.29. The normalized spacial score (nSPS) is 9.58. The van der Waals surface area contributed by atoms with Crippen LogP contribution in [0.2, 0.25) is 0 Å². The maximum absolute atomic E-state index is 12.1. The van der Waals surface area contributed by atoms with Gasteiger partial charge in [0.05, 0.1) is 11.1 Å². The summed E-state index contributed by atoms with van der Waals surface area (Å²) >= 11 is 0. The quantitative estimate of drug-likeness (QED) is 0.629. The first-order valence-electron chi connectivity index (χ1n) is 7.67. The second-order valence-corrected chi connectivity index (χ2v) is 5.22. The number of carbonyl (C=O) groups excluding carboxylic acids is 1. The van der Waals surface area contributed by atoms with Crippen molar-refractivity contribution in [1.82, 2.24) is 0 Å². The Morgan fingerprint density at radius 2 is 1.54 bits per heavy atom. The molecule has 0 aliphatic carbocycles. The van der Waals surface area contributed by atoms with E-state index in [1.807, 2.05) is 6.92 Å². The lowest BCUT2D eigenvalue weighted by atomic mass is 10.1. The highest BCUT2D eigenvalue weighted by Crippen LogP contribution is 2.17. The van der Waals surface area contributed by atoms with E-state index in [0.29, 0.717) is 12.1 Å². The summed E-state index contributed by atoms with van der Waals surface area (Å²) in [5.74, 6) is 3.29. The van der Waals surface area contributed by atoms with Crippen LogP contribution in [0.15, 0.2) is 42.5 Å². The molecule has 2 amide bonds. The zero-order valence-corrected chi connectivity index (χ0v) is 13.9. The number of hydrogen-bond donors (Lipinski definition) is 4. The largest absolute Gasteiger partial charge is 0.478 e. The Hall–Kier alpha value is -3.79. The van der Waals surface area contributed by atoms with Gasteiger partial charge in [0.2, 0.25) is 0 Å². The predicted molar refractivity (Wildman–Crippen MR) is 96.6 cm³/mol. The maximum atomic E-state index is 12.1. The van der Waals surface area contributed by atoms with Gasteiger partial charge in [-0.3, -0.25) is 0 Å². The first kappa shape index (κ1) is 18.5. The summed E-state index contributed by atoms with van der Waals surface area (Å²) in [6.45, 7) is 1.93. The number of hydrogen-bond acceptors (Lipinski definition) is 3. The van der Waals surface area contributed by atoms with Gasteiger partial charge >= 0.3 is 18.0 Å². The van der Waals surface area contributed by atoms with Crippen LogP contribution in [-0.4, -0.2) is 28.2 Å². The minimum absolute atomic E-state index is 0.0572. The zero-order valence-electron chi connectivity index (χ0n) is 13.9. The molecule has 132 valence electrons. The predicted octanol–water partition coefficient (Wildman–Crippen LogP) is 3.49. The monoisotopic (exact) mass is 352 g/mol. The van der Waals surface area contributed by atoms with Crippen LogP contribution in [0.1, 0.15) is 39.6 Å². The van der Waals surface area contributed by atoms with Gasteiger partial charge in [-0.25, -0.2) is 14.4 Å². The highest BCUT2D eigenvalue weighted by Gasteiger charge is 2.13. The molecule has 0 atom stereocenters. The first-order valence-corrected chi connectivity index (χ1v) is 7.67. The van der Waals surface area contributed by atoms with Crippen LogP contribution < -0.4 is 10.6 Å². The van der Waals surface area contributed by atoms with Gasteiger partial charge in [-0.1, -0.05) is 24.8 Å². The number of urea groups is 1.